The first-order valence-electron chi connectivity index (χ1n) is 6.24. The molecule has 0 aliphatic rings. The molecule has 4 rings (SSSR count). The van der Waals surface area contributed by atoms with E-state index < -0.39 is 0 Å². The summed E-state index contributed by atoms with van der Waals surface area (Å²) in [5.74, 6) is 0.910. The van der Waals surface area contributed by atoms with Gasteiger partial charge in [-0.25, -0.2) is 0 Å². The van der Waals surface area contributed by atoms with Crippen molar-refractivity contribution in [3.05, 3.63) is 54.6 Å². The molecule has 1 nitrogen and oxygen atoms in total. The van der Waals surface area contributed by atoms with E-state index in [9.17, 15) is 0 Å². The van der Waals surface area contributed by atoms with Crippen LogP contribution in [0.1, 0.15) is 0 Å². The highest BCUT2D eigenvalue weighted by molar-refractivity contribution is 7.25. The van der Waals surface area contributed by atoms with Gasteiger partial charge in [-0.05, 0) is 41.1 Å². The Morgan fingerprint density at radius 3 is 2.58 bits per heavy atom. The lowest BCUT2D eigenvalue weighted by molar-refractivity contribution is 0.415. The Balaban J connectivity index is 2.15. The maximum Gasteiger partial charge on any atom is 0.119 e. The van der Waals surface area contributed by atoms with Crippen LogP contribution in [0.5, 0.6) is 5.75 Å². The van der Waals surface area contributed by atoms with E-state index in [-0.39, 0.29) is 0 Å². The van der Waals surface area contributed by atoms with Gasteiger partial charge in [-0.1, -0.05) is 24.3 Å². The second-order valence-corrected chi connectivity index (χ2v) is 5.74. The Morgan fingerprint density at radius 1 is 0.789 bits per heavy atom. The van der Waals surface area contributed by atoms with Crippen LogP contribution in [0.4, 0.5) is 0 Å². The van der Waals surface area contributed by atoms with Crippen molar-refractivity contribution in [2.24, 2.45) is 0 Å². The van der Waals surface area contributed by atoms with Gasteiger partial charge >= 0.3 is 0 Å². The SMILES string of the molecule is COc1ccc2cc3c(cc2c1)sc1ccccc13. The lowest BCUT2D eigenvalue weighted by Gasteiger charge is -2.03. The Labute approximate surface area is 115 Å². The summed E-state index contributed by atoms with van der Waals surface area (Å²) in [7, 11) is 1.71. The summed E-state index contributed by atoms with van der Waals surface area (Å²) in [4.78, 5) is 0. The Kier molecular flexibility index (Phi) is 2.26. The van der Waals surface area contributed by atoms with Crippen molar-refractivity contribution in [1.29, 1.82) is 0 Å². The zero-order valence-corrected chi connectivity index (χ0v) is 11.3. The van der Waals surface area contributed by atoms with Gasteiger partial charge in [0.25, 0.3) is 0 Å². The highest BCUT2D eigenvalue weighted by Crippen LogP contribution is 2.36. The molecular formula is C17H12OS. The van der Waals surface area contributed by atoms with Gasteiger partial charge in [-0.2, -0.15) is 0 Å². The van der Waals surface area contributed by atoms with Crippen molar-refractivity contribution < 1.29 is 4.74 Å². The molecule has 4 aromatic rings. The van der Waals surface area contributed by atoms with Crippen molar-refractivity contribution in [1.82, 2.24) is 0 Å². The fourth-order valence-electron chi connectivity index (χ4n) is 2.57. The van der Waals surface area contributed by atoms with Crippen LogP contribution in [0.2, 0.25) is 0 Å². The summed E-state index contributed by atoms with van der Waals surface area (Å²) in [6, 6.07) is 19.4. The Morgan fingerprint density at radius 2 is 1.68 bits per heavy atom. The number of ether oxygens (including phenoxy) is 1. The van der Waals surface area contributed by atoms with Gasteiger partial charge in [-0.15, -0.1) is 11.3 Å². The molecule has 0 atom stereocenters. The molecule has 92 valence electrons. The molecule has 0 radical (unpaired) electrons. The van der Waals surface area contributed by atoms with E-state index in [4.69, 9.17) is 4.74 Å². The van der Waals surface area contributed by atoms with Gasteiger partial charge in [0.1, 0.15) is 5.75 Å². The molecule has 0 aliphatic heterocycles. The van der Waals surface area contributed by atoms with E-state index >= 15 is 0 Å². The van der Waals surface area contributed by atoms with Crippen LogP contribution < -0.4 is 4.74 Å². The first-order valence-corrected chi connectivity index (χ1v) is 7.06. The Hall–Kier alpha value is -2.06. The normalized spacial score (nSPS) is 11.4. The summed E-state index contributed by atoms with van der Waals surface area (Å²) in [6.45, 7) is 0. The van der Waals surface area contributed by atoms with E-state index in [1.165, 1.54) is 30.9 Å². The largest absolute Gasteiger partial charge is 0.497 e. The van der Waals surface area contributed by atoms with Crippen molar-refractivity contribution >= 4 is 42.3 Å². The van der Waals surface area contributed by atoms with E-state index in [0.29, 0.717) is 0 Å². The number of fused-ring (bicyclic) bond motifs is 4. The molecule has 0 saturated carbocycles. The summed E-state index contributed by atoms with van der Waals surface area (Å²) in [6.07, 6.45) is 0. The average molecular weight is 264 g/mol. The minimum Gasteiger partial charge on any atom is -0.497 e. The fourth-order valence-corrected chi connectivity index (χ4v) is 3.71. The van der Waals surface area contributed by atoms with Crippen LogP contribution in [0.3, 0.4) is 0 Å². The molecular weight excluding hydrogens is 252 g/mol. The second kappa shape index (κ2) is 3.97. The first-order chi connectivity index (χ1) is 9.35. The molecule has 19 heavy (non-hydrogen) atoms. The monoisotopic (exact) mass is 264 g/mol. The molecule has 0 unspecified atom stereocenters. The fraction of sp³-hybridized carbons (Fsp3) is 0.0588. The predicted molar refractivity (Wildman–Crippen MR) is 83.4 cm³/mol. The lowest BCUT2D eigenvalue weighted by Crippen LogP contribution is -1.81. The molecule has 2 heteroatoms. The molecule has 1 heterocycles. The summed E-state index contributed by atoms with van der Waals surface area (Å²) in [5.41, 5.74) is 0. The number of methoxy groups -OCH3 is 1. The van der Waals surface area contributed by atoms with Crippen molar-refractivity contribution in [3.63, 3.8) is 0 Å². The number of rotatable bonds is 1. The zero-order chi connectivity index (χ0) is 12.8. The van der Waals surface area contributed by atoms with Gasteiger partial charge in [0.2, 0.25) is 0 Å². The van der Waals surface area contributed by atoms with E-state index in [2.05, 4.69) is 48.5 Å². The van der Waals surface area contributed by atoms with E-state index in [0.717, 1.165) is 5.75 Å². The van der Waals surface area contributed by atoms with Gasteiger partial charge < -0.3 is 4.74 Å². The average Bonchev–Trinajstić information content (AvgIpc) is 2.81. The van der Waals surface area contributed by atoms with Crippen LogP contribution in [0, 0.1) is 0 Å². The van der Waals surface area contributed by atoms with Gasteiger partial charge in [-0.3, -0.25) is 0 Å². The quantitative estimate of drug-likeness (QED) is 0.458. The third-order valence-corrected chi connectivity index (χ3v) is 4.68. The smallest absolute Gasteiger partial charge is 0.119 e. The molecule has 0 spiro atoms. The molecule has 0 amide bonds. The third-order valence-electron chi connectivity index (χ3n) is 3.54. The molecule has 0 fully saturated rings. The maximum atomic E-state index is 5.30. The number of hydrogen-bond donors (Lipinski definition) is 0. The molecule has 0 saturated heterocycles. The predicted octanol–water partition coefficient (Wildman–Crippen LogP) is 5.22. The van der Waals surface area contributed by atoms with Crippen LogP contribution in [0.25, 0.3) is 30.9 Å². The number of benzene rings is 3. The second-order valence-electron chi connectivity index (χ2n) is 4.66. The highest BCUT2D eigenvalue weighted by atomic mass is 32.1. The summed E-state index contributed by atoms with van der Waals surface area (Å²) < 4.78 is 7.98. The first kappa shape index (κ1) is 10.8. The van der Waals surface area contributed by atoms with E-state index in [1.807, 2.05) is 17.4 Å². The lowest BCUT2D eigenvalue weighted by atomic mass is 10.1. The zero-order valence-electron chi connectivity index (χ0n) is 10.5. The summed E-state index contributed by atoms with van der Waals surface area (Å²) in [5, 5.41) is 5.19. The van der Waals surface area contributed by atoms with Gasteiger partial charge in [0, 0.05) is 20.2 Å². The van der Waals surface area contributed by atoms with Crippen molar-refractivity contribution in [3.8, 4) is 5.75 Å². The van der Waals surface area contributed by atoms with Crippen LogP contribution >= 0.6 is 11.3 Å². The topological polar surface area (TPSA) is 9.23 Å². The minimum atomic E-state index is 0.910. The van der Waals surface area contributed by atoms with Gasteiger partial charge in [0.05, 0.1) is 7.11 Å². The maximum absolute atomic E-state index is 5.30. The summed E-state index contributed by atoms with van der Waals surface area (Å²) >= 11 is 1.85. The van der Waals surface area contributed by atoms with Crippen LogP contribution in [-0.4, -0.2) is 7.11 Å². The Bertz CT molecular complexity index is 905. The van der Waals surface area contributed by atoms with Crippen molar-refractivity contribution in [2.75, 3.05) is 7.11 Å². The van der Waals surface area contributed by atoms with Gasteiger partial charge in [0.15, 0.2) is 0 Å². The third kappa shape index (κ3) is 1.60. The highest BCUT2D eigenvalue weighted by Gasteiger charge is 2.06. The van der Waals surface area contributed by atoms with Crippen molar-refractivity contribution in [2.45, 2.75) is 0 Å². The molecule has 0 bridgehead atoms. The molecule has 3 aromatic carbocycles. The standard InChI is InChI=1S/C17H12OS/c1-18-13-7-6-11-9-15-14-4-2-3-5-16(14)19-17(15)10-12(11)8-13/h2-10H,1H3. The molecule has 1 aromatic heterocycles. The molecule has 0 aliphatic carbocycles. The van der Waals surface area contributed by atoms with Crippen LogP contribution in [-0.2, 0) is 0 Å². The minimum absolute atomic E-state index is 0.910. The number of thiophene rings is 1. The van der Waals surface area contributed by atoms with Crippen LogP contribution in [0.15, 0.2) is 54.6 Å². The molecule has 0 N–H and O–H groups in total. The number of hydrogen-bond acceptors (Lipinski definition) is 2. The van der Waals surface area contributed by atoms with E-state index in [1.54, 1.807) is 7.11 Å².